The Hall–Kier alpha value is -1.61. The van der Waals surface area contributed by atoms with Crippen LogP contribution in [0.3, 0.4) is 0 Å². The van der Waals surface area contributed by atoms with Gasteiger partial charge in [0.25, 0.3) is 5.91 Å². The molecule has 6 nitrogen and oxygen atoms in total. The molecule has 2 aromatic rings. The monoisotopic (exact) mass is 439 g/mol. The molecule has 0 atom stereocenters. The fourth-order valence-electron chi connectivity index (χ4n) is 3.19. The first kappa shape index (κ1) is 21.1. The highest BCUT2D eigenvalue weighted by atomic mass is 35.5. The van der Waals surface area contributed by atoms with Crippen molar-refractivity contribution in [3.8, 4) is 0 Å². The average Bonchev–Trinajstić information content (AvgIpc) is 2.72. The lowest BCUT2D eigenvalue weighted by Crippen LogP contribution is -2.41. The Morgan fingerprint density at radius 1 is 1.25 bits per heavy atom. The largest absolute Gasteiger partial charge is 0.339 e. The van der Waals surface area contributed by atoms with Crippen LogP contribution in [0.5, 0.6) is 0 Å². The first-order valence-electron chi connectivity index (χ1n) is 8.95. The third-order valence-corrected chi connectivity index (χ3v) is 7.42. The molecule has 9 heteroatoms. The molecule has 1 N–H and O–H groups in total. The standard InChI is InChI=1S/C19H22ClN3O3S2/c1-27-18-15(5-4-10-21-18)19(24)23-11-8-14(9-12-23)13-22-28(25,26)17-7-3-2-6-16(17)20/h2-7,10,14,22H,8-9,11-13H2,1H3. The summed E-state index contributed by atoms with van der Waals surface area (Å²) >= 11 is 7.45. The Bertz CT molecular complexity index is 945. The van der Waals surface area contributed by atoms with Crippen LogP contribution in [0.1, 0.15) is 23.2 Å². The van der Waals surface area contributed by atoms with E-state index in [9.17, 15) is 13.2 Å². The molecule has 1 aromatic carbocycles. The van der Waals surface area contributed by atoms with E-state index < -0.39 is 10.0 Å². The van der Waals surface area contributed by atoms with Crippen molar-refractivity contribution in [1.82, 2.24) is 14.6 Å². The number of aromatic nitrogens is 1. The zero-order valence-electron chi connectivity index (χ0n) is 15.5. The number of nitrogens with zero attached hydrogens (tertiary/aromatic N) is 2. The highest BCUT2D eigenvalue weighted by Crippen LogP contribution is 2.24. The smallest absolute Gasteiger partial charge is 0.256 e. The van der Waals surface area contributed by atoms with Crippen LogP contribution in [0.2, 0.25) is 5.02 Å². The molecule has 0 spiro atoms. The van der Waals surface area contributed by atoms with Crippen molar-refractivity contribution in [1.29, 1.82) is 0 Å². The summed E-state index contributed by atoms with van der Waals surface area (Å²) in [6.07, 6.45) is 5.06. The third kappa shape index (κ3) is 4.86. The average molecular weight is 440 g/mol. The Morgan fingerprint density at radius 2 is 1.96 bits per heavy atom. The normalized spacial score (nSPS) is 15.6. The second kappa shape index (κ2) is 9.26. The molecule has 0 aliphatic carbocycles. The van der Waals surface area contributed by atoms with Gasteiger partial charge in [-0.25, -0.2) is 18.1 Å². The van der Waals surface area contributed by atoms with Crippen molar-refractivity contribution in [2.75, 3.05) is 25.9 Å². The molecule has 150 valence electrons. The number of thioether (sulfide) groups is 1. The first-order valence-corrected chi connectivity index (χ1v) is 12.0. The summed E-state index contributed by atoms with van der Waals surface area (Å²) < 4.78 is 27.6. The summed E-state index contributed by atoms with van der Waals surface area (Å²) in [5.74, 6) is 0.155. The maximum absolute atomic E-state index is 12.8. The number of sulfonamides is 1. The molecule has 1 aliphatic rings. The number of hydrogen-bond acceptors (Lipinski definition) is 5. The van der Waals surface area contributed by atoms with Gasteiger partial charge in [-0.15, -0.1) is 11.8 Å². The Labute approximate surface area is 174 Å². The van der Waals surface area contributed by atoms with E-state index in [0.717, 1.165) is 17.9 Å². The van der Waals surface area contributed by atoms with E-state index in [1.54, 1.807) is 36.5 Å². The Balaban J connectivity index is 1.56. The van der Waals surface area contributed by atoms with Crippen molar-refractivity contribution in [2.45, 2.75) is 22.8 Å². The minimum Gasteiger partial charge on any atom is -0.339 e. The van der Waals surface area contributed by atoms with E-state index in [4.69, 9.17) is 11.6 Å². The minimum atomic E-state index is -3.65. The van der Waals surface area contributed by atoms with Crippen LogP contribution in [0.4, 0.5) is 0 Å². The molecule has 28 heavy (non-hydrogen) atoms. The highest BCUT2D eigenvalue weighted by molar-refractivity contribution is 7.98. The number of piperidine rings is 1. The van der Waals surface area contributed by atoms with Crippen LogP contribution in [-0.4, -0.2) is 50.1 Å². The maximum Gasteiger partial charge on any atom is 0.256 e. The van der Waals surface area contributed by atoms with E-state index in [1.165, 1.54) is 17.8 Å². The number of benzene rings is 1. The zero-order valence-corrected chi connectivity index (χ0v) is 17.9. The lowest BCUT2D eigenvalue weighted by atomic mass is 9.97. The molecular formula is C19H22ClN3O3S2. The topological polar surface area (TPSA) is 79.4 Å². The van der Waals surface area contributed by atoms with Crippen LogP contribution < -0.4 is 4.72 Å². The number of carbonyl (C=O) groups excluding carboxylic acids is 1. The number of pyridine rings is 1. The zero-order chi connectivity index (χ0) is 20.1. The molecule has 0 saturated carbocycles. The second-order valence-electron chi connectivity index (χ2n) is 6.58. The molecule has 1 saturated heterocycles. The van der Waals surface area contributed by atoms with Crippen molar-refractivity contribution in [2.24, 2.45) is 5.92 Å². The van der Waals surface area contributed by atoms with E-state index >= 15 is 0 Å². The van der Waals surface area contributed by atoms with E-state index in [1.807, 2.05) is 11.2 Å². The Morgan fingerprint density at radius 3 is 2.64 bits per heavy atom. The molecule has 3 rings (SSSR count). The Kier molecular flexibility index (Phi) is 6.98. The molecule has 2 heterocycles. The van der Waals surface area contributed by atoms with Gasteiger partial charge in [0.05, 0.1) is 10.6 Å². The van der Waals surface area contributed by atoms with Crippen LogP contribution in [0.15, 0.2) is 52.5 Å². The number of hydrogen-bond donors (Lipinski definition) is 1. The van der Waals surface area contributed by atoms with Gasteiger partial charge in [-0.2, -0.15) is 0 Å². The van der Waals surface area contributed by atoms with Gasteiger partial charge in [0.15, 0.2) is 0 Å². The summed E-state index contributed by atoms with van der Waals surface area (Å²) in [4.78, 5) is 18.9. The van der Waals surface area contributed by atoms with Gasteiger partial charge in [0, 0.05) is 25.8 Å². The van der Waals surface area contributed by atoms with Crippen molar-refractivity contribution >= 4 is 39.3 Å². The second-order valence-corrected chi connectivity index (χ2v) is 9.52. The molecule has 1 fully saturated rings. The predicted molar refractivity (Wildman–Crippen MR) is 111 cm³/mol. The first-order chi connectivity index (χ1) is 13.4. The van der Waals surface area contributed by atoms with Gasteiger partial charge in [0.2, 0.25) is 10.0 Å². The van der Waals surface area contributed by atoms with E-state index in [0.29, 0.717) is 25.2 Å². The van der Waals surface area contributed by atoms with Crippen LogP contribution in [0.25, 0.3) is 0 Å². The number of carbonyl (C=O) groups is 1. The molecule has 1 aromatic heterocycles. The lowest BCUT2D eigenvalue weighted by Gasteiger charge is -2.32. The van der Waals surface area contributed by atoms with Crippen LogP contribution in [-0.2, 0) is 10.0 Å². The molecular weight excluding hydrogens is 418 g/mol. The summed E-state index contributed by atoms with van der Waals surface area (Å²) in [5, 5.41) is 0.929. The van der Waals surface area contributed by atoms with Crippen molar-refractivity contribution < 1.29 is 13.2 Å². The molecule has 1 aliphatic heterocycles. The fourth-order valence-corrected chi connectivity index (χ4v) is 5.37. The highest BCUT2D eigenvalue weighted by Gasteiger charge is 2.26. The number of amides is 1. The van der Waals surface area contributed by atoms with Crippen molar-refractivity contribution in [3.63, 3.8) is 0 Å². The molecule has 0 unspecified atom stereocenters. The summed E-state index contributed by atoms with van der Waals surface area (Å²) in [7, 11) is -3.65. The van der Waals surface area contributed by atoms with Gasteiger partial charge in [0.1, 0.15) is 9.92 Å². The van der Waals surface area contributed by atoms with Crippen LogP contribution >= 0.6 is 23.4 Å². The lowest BCUT2D eigenvalue weighted by molar-refractivity contribution is 0.0687. The SMILES string of the molecule is CSc1ncccc1C(=O)N1CCC(CNS(=O)(=O)c2ccccc2Cl)CC1. The predicted octanol–water partition coefficient (Wildman–Crippen LogP) is 3.29. The fraction of sp³-hybridized carbons (Fsp3) is 0.368. The number of halogens is 1. The van der Waals surface area contributed by atoms with Gasteiger partial charge in [-0.05, 0) is 49.3 Å². The number of nitrogens with one attached hydrogen (secondary N) is 1. The molecule has 0 bridgehead atoms. The van der Waals surface area contributed by atoms with Crippen molar-refractivity contribution in [3.05, 3.63) is 53.2 Å². The number of likely N-dealkylation sites (tertiary alicyclic amines) is 1. The quantitative estimate of drug-likeness (QED) is 0.698. The minimum absolute atomic E-state index is 0.0208. The third-order valence-electron chi connectivity index (χ3n) is 4.78. The summed E-state index contributed by atoms with van der Waals surface area (Å²) in [5.41, 5.74) is 0.618. The summed E-state index contributed by atoms with van der Waals surface area (Å²) in [6, 6.07) is 9.95. The van der Waals surface area contributed by atoms with Gasteiger partial charge < -0.3 is 4.90 Å². The van der Waals surface area contributed by atoms with E-state index in [2.05, 4.69) is 9.71 Å². The van der Waals surface area contributed by atoms with Gasteiger partial charge in [-0.1, -0.05) is 23.7 Å². The molecule has 1 amide bonds. The van der Waals surface area contributed by atoms with Crippen LogP contribution in [0, 0.1) is 5.92 Å². The maximum atomic E-state index is 12.8. The molecule has 0 radical (unpaired) electrons. The summed E-state index contributed by atoms with van der Waals surface area (Å²) in [6.45, 7) is 1.53. The van der Waals surface area contributed by atoms with Gasteiger partial charge in [-0.3, -0.25) is 4.79 Å². The van der Waals surface area contributed by atoms with E-state index in [-0.39, 0.29) is 21.7 Å². The number of rotatable bonds is 6. The van der Waals surface area contributed by atoms with Gasteiger partial charge >= 0.3 is 0 Å².